The summed E-state index contributed by atoms with van der Waals surface area (Å²) < 4.78 is 15.9. The highest BCUT2D eigenvalue weighted by molar-refractivity contribution is 5.92. The Labute approximate surface area is 178 Å². The van der Waals surface area contributed by atoms with E-state index in [1.807, 2.05) is 32.0 Å². The van der Waals surface area contributed by atoms with E-state index in [4.69, 9.17) is 0 Å². The average molecular weight is 419 g/mol. The van der Waals surface area contributed by atoms with Gasteiger partial charge in [-0.3, -0.25) is 14.2 Å². The largest absolute Gasteiger partial charge is 0.324 e. The van der Waals surface area contributed by atoms with Crippen molar-refractivity contribution in [3.8, 4) is 5.69 Å². The Balaban J connectivity index is 1.61. The third-order valence-corrected chi connectivity index (χ3v) is 5.20. The van der Waals surface area contributed by atoms with Crippen molar-refractivity contribution in [2.75, 3.05) is 5.32 Å². The molecule has 158 valence electrons. The zero-order chi connectivity index (χ0) is 22.0. The van der Waals surface area contributed by atoms with E-state index in [0.29, 0.717) is 11.3 Å². The van der Waals surface area contributed by atoms with Gasteiger partial charge in [0.1, 0.15) is 24.1 Å². The molecular weight excluding hydrogens is 397 g/mol. The van der Waals surface area contributed by atoms with Crippen molar-refractivity contribution in [3.05, 3.63) is 82.3 Å². The summed E-state index contributed by atoms with van der Waals surface area (Å²) in [6.07, 6.45) is 4.32. The van der Waals surface area contributed by atoms with Gasteiger partial charge in [0.15, 0.2) is 5.65 Å². The monoisotopic (exact) mass is 419 g/mol. The molecule has 7 nitrogen and oxygen atoms in total. The van der Waals surface area contributed by atoms with Gasteiger partial charge in [0.05, 0.1) is 11.9 Å². The van der Waals surface area contributed by atoms with Crippen molar-refractivity contribution in [1.82, 2.24) is 19.3 Å². The van der Waals surface area contributed by atoms with Crippen LogP contribution in [0.15, 0.2) is 59.8 Å². The molecule has 1 N–H and O–H groups in total. The molecule has 0 aliphatic rings. The standard InChI is InChI=1S/C23H22FN5O2/c1-3-15-6-5-7-16(4-2)21(15)27-20(30)13-28-14-25-22-19(23(28)31)12-26-29(22)18-10-8-17(24)9-11-18/h5-12,14H,3-4,13H2,1-2H3,(H,27,30). The molecule has 8 heteroatoms. The molecule has 31 heavy (non-hydrogen) atoms. The van der Waals surface area contributed by atoms with Crippen LogP contribution in [0, 0.1) is 5.82 Å². The maximum Gasteiger partial charge on any atom is 0.264 e. The van der Waals surface area contributed by atoms with Gasteiger partial charge in [0.25, 0.3) is 5.56 Å². The molecule has 0 atom stereocenters. The van der Waals surface area contributed by atoms with Crippen LogP contribution in [-0.4, -0.2) is 25.2 Å². The Hall–Kier alpha value is -3.81. The number of anilines is 1. The van der Waals surface area contributed by atoms with Gasteiger partial charge in [0, 0.05) is 5.69 Å². The molecule has 1 amide bonds. The lowest BCUT2D eigenvalue weighted by Gasteiger charge is -2.15. The van der Waals surface area contributed by atoms with Crippen molar-refractivity contribution in [2.45, 2.75) is 33.2 Å². The quantitative estimate of drug-likeness (QED) is 0.519. The zero-order valence-electron chi connectivity index (χ0n) is 17.3. The van der Waals surface area contributed by atoms with Gasteiger partial charge in [-0.2, -0.15) is 5.10 Å². The number of hydrogen-bond donors (Lipinski definition) is 1. The first-order chi connectivity index (χ1) is 15.0. The van der Waals surface area contributed by atoms with Gasteiger partial charge in [-0.1, -0.05) is 32.0 Å². The molecule has 0 fully saturated rings. The molecule has 4 rings (SSSR count). The van der Waals surface area contributed by atoms with E-state index in [-0.39, 0.29) is 29.2 Å². The first-order valence-electron chi connectivity index (χ1n) is 10.1. The Morgan fingerprint density at radius 2 is 1.74 bits per heavy atom. The van der Waals surface area contributed by atoms with E-state index < -0.39 is 0 Å². The second kappa shape index (κ2) is 8.51. The smallest absolute Gasteiger partial charge is 0.264 e. The fourth-order valence-corrected chi connectivity index (χ4v) is 3.57. The van der Waals surface area contributed by atoms with Gasteiger partial charge in [-0.05, 0) is 48.2 Å². The summed E-state index contributed by atoms with van der Waals surface area (Å²) in [7, 11) is 0. The number of carbonyl (C=O) groups excluding carboxylic acids is 1. The van der Waals surface area contributed by atoms with E-state index in [1.165, 1.54) is 33.9 Å². The van der Waals surface area contributed by atoms with Crippen LogP contribution in [0.1, 0.15) is 25.0 Å². The lowest BCUT2D eigenvalue weighted by Crippen LogP contribution is -2.28. The average Bonchev–Trinajstić information content (AvgIpc) is 3.21. The number of nitrogens with zero attached hydrogens (tertiary/aromatic N) is 4. The van der Waals surface area contributed by atoms with Gasteiger partial charge in [0.2, 0.25) is 5.91 Å². The molecule has 4 aromatic rings. The number of benzene rings is 2. The van der Waals surface area contributed by atoms with Crippen molar-refractivity contribution < 1.29 is 9.18 Å². The van der Waals surface area contributed by atoms with Crippen LogP contribution in [-0.2, 0) is 24.2 Å². The number of fused-ring (bicyclic) bond motifs is 1. The molecule has 0 saturated heterocycles. The van der Waals surface area contributed by atoms with Crippen LogP contribution in [0.3, 0.4) is 0 Å². The van der Waals surface area contributed by atoms with Crippen LogP contribution in [0.4, 0.5) is 10.1 Å². The van der Waals surface area contributed by atoms with Crippen molar-refractivity contribution in [2.24, 2.45) is 0 Å². The van der Waals surface area contributed by atoms with E-state index >= 15 is 0 Å². The van der Waals surface area contributed by atoms with Crippen LogP contribution in [0.2, 0.25) is 0 Å². The number of aryl methyl sites for hydroxylation is 2. The van der Waals surface area contributed by atoms with Gasteiger partial charge in [-0.15, -0.1) is 0 Å². The SMILES string of the molecule is CCc1cccc(CC)c1NC(=O)Cn1cnc2c(cnn2-c2ccc(F)cc2)c1=O. The lowest BCUT2D eigenvalue weighted by molar-refractivity contribution is -0.116. The molecule has 2 aromatic heterocycles. The van der Waals surface area contributed by atoms with Crippen LogP contribution < -0.4 is 10.9 Å². The summed E-state index contributed by atoms with van der Waals surface area (Å²) in [5.41, 5.74) is 3.47. The van der Waals surface area contributed by atoms with Gasteiger partial charge >= 0.3 is 0 Å². The summed E-state index contributed by atoms with van der Waals surface area (Å²) in [5, 5.41) is 7.45. The fourth-order valence-electron chi connectivity index (χ4n) is 3.57. The zero-order valence-corrected chi connectivity index (χ0v) is 17.3. The predicted octanol–water partition coefficient (Wildman–Crippen LogP) is 3.48. The van der Waals surface area contributed by atoms with E-state index in [9.17, 15) is 14.0 Å². The molecule has 0 aliphatic carbocycles. The summed E-state index contributed by atoms with van der Waals surface area (Å²) in [6, 6.07) is 11.7. The molecule has 2 aromatic carbocycles. The lowest BCUT2D eigenvalue weighted by atomic mass is 10.0. The minimum Gasteiger partial charge on any atom is -0.324 e. The first kappa shape index (κ1) is 20.5. The maximum atomic E-state index is 13.2. The second-order valence-electron chi connectivity index (χ2n) is 7.15. The van der Waals surface area contributed by atoms with Gasteiger partial charge < -0.3 is 5.32 Å². The minimum atomic E-state index is -0.368. The minimum absolute atomic E-state index is 0.162. The summed E-state index contributed by atoms with van der Waals surface area (Å²) in [4.78, 5) is 29.9. The number of para-hydroxylation sites is 1. The number of rotatable bonds is 6. The Kier molecular flexibility index (Phi) is 5.62. The van der Waals surface area contributed by atoms with Crippen LogP contribution in [0.5, 0.6) is 0 Å². The normalized spacial score (nSPS) is 11.1. The Bertz CT molecular complexity index is 1290. The van der Waals surface area contributed by atoms with E-state index in [0.717, 1.165) is 29.7 Å². The van der Waals surface area contributed by atoms with Crippen LogP contribution in [0.25, 0.3) is 16.7 Å². The molecule has 2 heterocycles. The maximum absolute atomic E-state index is 13.2. The Morgan fingerprint density at radius 1 is 1.06 bits per heavy atom. The number of hydrogen-bond acceptors (Lipinski definition) is 4. The van der Waals surface area contributed by atoms with Crippen molar-refractivity contribution in [1.29, 1.82) is 0 Å². The first-order valence-corrected chi connectivity index (χ1v) is 10.1. The van der Waals surface area contributed by atoms with E-state index in [2.05, 4.69) is 15.4 Å². The van der Waals surface area contributed by atoms with E-state index in [1.54, 1.807) is 12.1 Å². The van der Waals surface area contributed by atoms with Crippen molar-refractivity contribution >= 4 is 22.6 Å². The highest BCUT2D eigenvalue weighted by Gasteiger charge is 2.15. The number of aromatic nitrogens is 4. The number of carbonyl (C=O) groups is 1. The highest BCUT2D eigenvalue weighted by atomic mass is 19.1. The molecule has 0 aliphatic heterocycles. The molecule has 0 spiro atoms. The predicted molar refractivity (Wildman–Crippen MR) is 117 cm³/mol. The van der Waals surface area contributed by atoms with Crippen LogP contribution >= 0.6 is 0 Å². The Morgan fingerprint density at radius 3 is 2.39 bits per heavy atom. The summed E-state index contributed by atoms with van der Waals surface area (Å²) >= 11 is 0. The summed E-state index contributed by atoms with van der Waals surface area (Å²) in [6.45, 7) is 3.90. The number of halogens is 1. The number of amides is 1. The number of nitrogens with one attached hydrogen (secondary N) is 1. The van der Waals surface area contributed by atoms with Gasteiger partial charge in [-0.25, -0.2) is 14.1 Å². The highest BCUT2D eigenvalue weighted by Crippen LogP contribution is 2.22. The molecule has 0 unspecified atom stereocenters. The molecule has 0 saturated carbocycles. The second-order valence-corrected chi connectivity index (χ2v) is 7.15. The fraction of sp³-hybridized carbons (Fsp3) is 0.217. The summed E-state index contributed by atoms with van der Waals surface area (Å²) in [5.74, 6) is -0.665. The molecule has 0 bridgehead atoms. The third-order valence-electron chi connectivity index (χ3n) is 5.20. The van der Waals surface area contributed by atoms with Crippen molar-refractivity contribution in [3.63, 3.8) is 0 Å². The topological polar surface area (TPSA) is 81.8 Å². The molecule has 0 radical (unpaired) electrons. The molecular formula is C23H22FN5O2. The third kappa shape index (κ3) is 3.96.